The van der Waals surface area contributed by atoms with E-state index in [1.165, 1.54) is 0 Å². The van der Waals surface area contributed by atoms with Crippen molar-refractivity contribution in [1.82, 2.24) is 24.9 Å². The van der Waals surface area contributed by atoms with Gasteiger partial charge in [-0.25, -0.2) is 9.48 Å². The number of methoxy groups -OCH3 is 1. The number of nitrogens with two attached hydrogens (primary N) is 1. The fraction of sp³-hybridized carbons (Fsp3) is 0.440. The lowest BCUT2D eigenvalue weighted by Crippen LogP contribution is -2.73. The Labute approximate surface area is 209 Å². The summed E-state index contributed by atoms with van der Waals surface area (Å²) in [4.78, 5) is 16.3. The van der Waals surface area contributed by atoms with E-state index in [-0.39, 0.29) is 24.1 Å². The van der Waals surface area contributed by atoms with Crippen LogP contribution in [0.25, 0.3) is 16.9 Å². The van der Waals surface area contributed by atoms with Crippen LogP contribution in [0.3, 0.4) is 0 Å². The summed E-state index contributed by atoms with van der Waals surface area (Å²) in [7, 11) is 1.57. The first kappa shape index (κ1) is 23.9. The van der Waals surface area contributed by atoms with Crippen LogP contribution in [0.1, 0.15) is 20.8 Å². The highest BCUT2D eigenvalue weighted by Crippen LogP contribution is 2.42. The molecule has 2 aliphatic rings. The summed E-state index contributed by atoms with van der Waals surface area (Å²) in [5, 5.41) is 12.9. The Balaban J connectivity index is 1.27. The first-order chi connectivity index (χ1) is 17.2. The van der Waals surface area contributed by atoms with Crippen LogP contribution in [0.5, 0.6) is 5.75 Å². The number of hydrogen-bond donors (Lipinski definition) is 1. The number of carbonyl (C=O) groups excluding carboxylic acids is 1. The minimum absolute atomic E-state index is 0.120. The lowest BCUT2D eigenvalue weighted by Gasteiger charge is -2.60. The fourth-order valence-corrected chi connectivity index (χ4v) is 4.61. The molecule has 11 heteroatoms. The van der Waals surface area contributed by atoms with E-state index in [9.17, 15) is 4.79 Å². The Morgan fingerprint density at radius 1 is 1.14 bits per heavy atom. The summed E-state index contributed by atoms with van der Waals surface area (Å²) >= 11 is 0. The van der Waals surface area contributed by atoms with Crippen molar-refractivity contribution in [3.63, 3.8) is 0 Å². The maximum absolute atomic E-state index is 12.3. The largest absolute Gasteiger partial charge is 0.467 e. The zero-order valence-electron chi connectivity index (χ0n) is 21.0. The van der Waals surface area contributed by atoms with Gasteiger partial charge in [0.15, 0.2) is 12.6 Å². The van der Waals surface area contributed by atoms with Crippen molar-refractivity contribution in [2.45, 2.75) is 26.4 Å². The van der Waals surface area contributed by atoms with E-state index in [0.717, 1.165) is 24.3 Å². The molecule has 2 aromatic heterocycles. The number of para-hydroxylation sites is 1. The van der Waals surface area contributed by atoms with E-state index in [1.54, 1.807) is 16.7 Å². The highest BCUT2D eigenvalue weighted by atomic mass is 16.7. The number of carbonyl (C=O) groups is 1. The highest BCUT2D eigenvalue weighted by Gasteiger charge is 2.54. The molecule has 11 nitrogen and oxygen atoms in total. The van der Waals surface area contributed by atoms with Gasteiger partial charge in [0.25, 0.3) is 0 Å². The van der Waals surface area contributed by atoms with Gasteiger partial charge in [-0.3, -0.25) is 0 Å². The van der Waals surface area contributed by atoms with Gasteiger partial charge in [0.2, 0.25) is 0 Å². The topological polar surface area (TPSA) is 121 Å². The van der Waals surface area contributed by atoms with Gasteiger partial charge in [0, 0.05) is 44.3 Å². The van der Waals surface area contributed by atoms with Gasteiger partial charge in [0.05, 0.1) is 23.8 Å². The van der Waals surface area contributed by atoms with Crippen LogP contribution in [0.2, 0.25) is 0 Å². The molecule has 2 aliphatic heterocycles. The van der Waals surface area contributed by atoms with Gasteiger partial charge >= 0.3 is 6.09 Å². The number of nitrogens with zero attached hydrogens (tertiary/aromatic N) is 6. The summed E-state index contributed by atoms with van der Waals surface area (Å²) in [6, 6.07) is 9.39. The van der Waals surface area contributed by atoms with Gasteiger partial charge in [0.1, 0.15) is 17.0 Å². The van der Waals surface area contributed by atoms with Crippen LogP contribution in [-0.2, 0) is 9.47 Å². The average molecular weight is 494 g/mol. The van der Waals surface area contributed by atoms with Gasteiger partial charge in [-0.1, -0.05) is 12.1 Å². The molecule has 2 fully saturated rings. The maximum atomic E-state index is 12.3. The van der Waals surface area contributed by atoms with Crippen LogP contribution < -0.4 is 15.4 Å². The lowest BCUT2D eigenvalue weighted by atomic mass is 9.73. The standard InChI is InChI=1S/C25H31N7O4/c1-24(2,3)36-23(33)31-14-25(15-31)12-30(13-25)17-10-27-32(11-17)20-9-19(28-29-22(20)26)18-7-5-6-8-21(18)35-16-34-4/h5-11H,12-16H2,1-4H3,(H2,26,29). The molecule has 0 bridgehead atoms. The van der Waals surface area contributed by atoms with Crippen molar-refractivity contribution >= 4 is 17.6 Å². The second-order valence-corrected chi connectivity index (χ2v) is 10.4. The molecule has 1 amide bonds. The second kappa shape index (κ2) is 8.98. The number of anilines is 2. The molecule has 0 saturated carbocycles. The molecule has 36 heavy (non-hydrogen) atoms. The predicted molar refractivity (Wildman–Crippen MR) is 134 cm³/mol. The van der Waals surface area contributed by atoms with Crippen molar-refractivity contribution in [3.8, 4) is 22.7 Å². The van der Waals surface area contributed by atoms with E-state index in [0.29, 0.717) is 30.2 Å². The van der Waals surface area contributed by atoms with Gasteiger partial charge in [-0.15, -0.1) is 10.2 Å². The second-order valence-electron chi connectivity index (χ2n) is 10.4. The minimum atomic E-state index is -0.484. The van der Waals surface area contributed by atoms with Crippen LogP contribution in [0, 0.1) is 5.41 Å². The molecule has 4 heterocycles. The summed E-state index contributed by atoms with van der Waals surface area (Å²) in [5.41, 5.74) is 8.80. The molecular formula is C25H31N7O4. The Morgan fingerprint density at radius 3 is 2.61 bits per heavy atom. The first-order valence-corrected chi connectivity index (χ1v) is 11.8. The highest BCUT2D eigenvalue weighted by molar-refractivity contribution is 5.71. The van der Waals surface area contributed by atoms with Crippen molar-refractivity contribution < 1.29 is 19.0 Å². The minimum Gasteiger partial charge on any atom is -0.467 e. The number of rotatable bonds is 6. The third-order valence-electron chi connectivity index (χ3n) is 6.23. The van der Waals surface area contributed by atoms with Gasteiger partial charge in [-0.05, 0) is 39.0 Å². The molecule has 190 valence electrons. The first-order valence-electron chi connectivity index (χ1n) is 11.8. The van der Waals surface area contributed by atoms with E-state index in [4.69, 9.17) is 19.9 Å². The van der Waals surface area contributed by atoms with Crippen molar-refractivity contribution in [2.24, 2.45) is 5.41 Å². The molecule has 0 atom stereocenters. The average Bonchev–Trinajstić information content (AvgIpc) is 3.25. The molecule has 0 unspecified atom stereocenters. The van der Waals surface area contributed by atoms with Crippen LogP contribution in [-0.4, -0.2) is 76.7 Å². The van der Waals surface area contributed by atoms with Crippen molar-refractivity contribution in [2.75, 3.05) is 50.7 Å². The SMILES string of the molecule is COCOc1ccccc1-c1cc(-n2cc(N3CC4(CN(C(=O)OC(C)(C)C)C4)C3)cn2)c(N)nn1. The summed E-state index contributed by atoms with van der Waals surface area (Å²) < 4.78 is 17.9. The van der Waals surface area contributed by atoms with Crippen molar-refractivity contribution in [1.29, 1.82) is 0 Å². The lowest BCUT2D eigenvalue weighted by molar-refractivity contribution is -0.0453. The summed E-state index contributed by atoms with van der Waals surface area (Å²) in [5.74, 6) is 0.910. The number of benzene rings is 1. The summed E-state index contributed by atoms with van der Waals surface area (Å²) in [6.07, 6.45) is 3.50. The molecule has 1 aromatic carbocycles. The van der Waals surface area contributed by atoms with Gasteiger partial charge in [-0.2, -0.15) is 5.10 Å². The monoisotopic (exact) mass is 493 g/mol. The van der Waals surface area contributed by atoms with E-state index >= 15 is 0 Å². The van der Waals surface area contributed by atoms with Crippen LogP contribution in [0.4, 0.5) is 16.3 Å². The molecular weight excluding hydrogens is 462 g/mol. The summed E-state index contributed by atoms with van der Waals surface area (Å²) in [6.45, 7) is 8.90. The van der Waals surface area contributed by atoms with Crippen LogP contribution in [0.15, 0.2) is 42.7 Å². The zero-order chi connectivity index (χ0) is 25.5. The number of aromatic nitrogens is 4. The van der Waals surface area contributed by atoms with Gasteiger partial charge < -0.3 is 29.7 Å². The molecule has 5 rings (SSSR count). The van der Waals surface area contributed by atoms with E-state index in [2.05, 4.69) is 20.2 Å². The normalized spacial score (nSPS) is 16.4. The van der Waals surface area contributed by atoms with E-state index < -0.39 is 5.60 Å². The Hall–Kier alpha value is -3.86. The zero-order valence-corrected chi connectivity index (χ0v) is 21.0. The third-order valence-corrected chi connectivity index (χ3v) is 6.23. The molecule has 0 aliphatic carbocycles. The molecule has 0 radical (unpaired) electrons. The quantitative estimate of drug-likeness (QED) is 0.517. The number of nitrogen functional groups attached to an aromatic ring is 1. The molecule has 2 saturated heterocycles. The molecule has 3 aromatic rings. The Kier molecular flexibility index (Phi) is 5.95. The van der Waals surface area contributed by atoms with Crippen molar-refractivity contribution in [3.05, 3.63) is 42.7 Å². The molecule has 2 N–H and O–H groups in total. The third kappa shape index (κ3) is 4.66. The Bertz CT molecular complexity index is 1260. The number of likely N-dealkylation sites (tertiary alicyclic amines) is 1. The van der Waals surface area contributed by atoms with E-state index in [1.807, 2.05) is 63.5 Å². The number of amides is 1. The maximum Gasteiger partial charge on any atom is 0.410 e. The smallest absolute Gasteiger partial charge is 0.410 e. The fourth-order valence-electron chi connectivity index (χ4n) is 4.61. The Morgan fingerprint density at radius 2 is 1.89 bits per heavy atom. The number of hydrogen-bond acceptors (Lipinski definition) is 9. The molecule has 1 spiro atoms. The van der Waals surface area contributed by atoms with Crippen LogP contribution >= 0.6 is 0 Å². The number of ether oxygens (including phenoxy) is 3. The predicted octanol–water partition coefficient (Wildman–Crippen LogP) is 2.95.